The highest BCUT2D eigenvalue weighted by Gasteiger charge is 2.17. The third-order valence-electron chi connectivity index (χ3n) is 2.20. The van der Waals surface area contributed by atoms with Gasteiger partial charge in [-0.15, -0.1) is 0 Å². The predicted molar refractivity (Wildman–Crippen MR) is 55.0 cm³/mol. The van der Waals surface area contributed by atoms with Crippen LogP contribution in [-0.2, 0) is 0 Å². The van der Waals surface area contributed by atoms with Crippen LogP contribution in [0.3, 0.4) is 0 Å². The SMILES string of the molecule is CC(O)CC(c1ccccc1)N(C)O. The van der Waals surface area contributed by atoms with Crippen LogP contribution in [0.1, 0.15) is 24.9 Å². The van der Waals surface area contributed by atoms with Crippen LogP contribution in [0.2, 0.25) is 0 Å². The van der Waals surface area contributed by atoms with Crippen LogP contribution in [0.25, 0.3) is 0 Å². The van der Waals surface area contributed by atoms with Gasteiger partial charge < -0.3 is 10.3 Å². The van der Waals surface area contributed by atoms with Crippen LogP contribution >= 0.6 is 0 Å². The molecule has 1 rings (SSSR count). The molecule has 0 amide bonds. The zero-order valence-corrected chi connectivity index (χ0v) is 8.59. The lowest BCUT2D eigenvalue weighted by Crippen LogP contribution is -2.24. The Hall–Kier alpha value is -0.900. The molecule has 0 bridgehead atoms. The number of aliphatic hydroxyl groups is 1. The molecule has 0 saturated carbocycles. The van der Waals surface area contributed by atoms with Gasteiger partial charge in [-0.25, -0.2) is 0 Å². The van der Waals surface area contributed by atoms with E-state index in [2.05, 4.69) is 0 Å². The van der Waals surface area contributed by atoms with E-state index >= 15 is 0 Å². The fourth-order valence-electron chi connectivity index (χ4n) is 1.50. The van der Waals surface area contributed by atoms with Gasteiger partial charge in [-0.2, -0.15) is 5.06 Å². The van der Waals surface area contributed by atoms with E-state index in [0.29, 0.717) is 6.42 Å². The standard InChI is InChI=1S/C11H17NO2/c1-9(13)8-11(12(2)14)10-6-4-3-5-7-10/h3-7,9,11,13-14H,8H2,1-2H3. The van der Waals surface area contributed by atoms with Gasteiger partial charge in [-0.3, -0.25) is 0 Å². The Bertz CT molecular complexity index is 259. The number of hydrogen-bond acceptors (Lipinski definition) is 3. The Morgan fingerprint density at radius 2 is 1.86 bits per heavy atom. The quantitative estimate of drug-likeness (QED) is 0.720. The molecule has 0 fully saturated rings. The Morgan fingerprint density at radius 3 is 2.29 bits per heavy atom. The van der Waals surface area contributed by atoms with Crippen molar-refractivity contribution in [1.29, 1.82) is 0 Å². The first-order valence-electron chi connectivity index (χ1n) is 4.76. The summed E-state index contributed by atoms with van der Waals surface area (Å²) in [5.74, 6) is 0. The zero-order chi connectivity index (χ0) is 10.6. The van der Waals surface area contributed by atoms with Gasteiger partial charge in [0.05, 0.1) is 12.1 Å². The predicted octanol–water partition coefficient (Wildman–Crippen LogP) is 1.82. The Balaban J connectivity index is 2.78. The van der Waals surface area contributed by atoms with Gasteiger partial charge in [0.1, 0.15) is 0 Å². The smallest absolute Gasteiger partial charge is 0.0620 e. The van der Waals surface area contributed by atoms with Crippen LogP contribution < -0.4 is 0 Å². The largest absolute Gasteiger partial charge is 0.393 e. The van der Waals surface area contributed by atoms with Crippen LogP contribution in [-0.4, -0.2) is 28.5 Å². The van der Waals surface area contributed by atoms with E-state index in [4.69, 9.17) is 0 Å². The second kappa shape index (κ2) is 5.10. The highest BCUT2D eigenvalue weighted by molar-refractivity contribution is 5.18. The molecule has 78 valence electrons. The molecular weight excluding hydrogens is 178 g/mol. The van der Waals surface area contributed by atoms with Crippen LogP contribution in [0.5, 0.6) is 0 Å². The van der Waals surface area contributed by atoms with Gasteiger partial charge in [-0.05, 0) is 18.9 Å². The second-order valence-electron chi connectivity index (χ2n) is 3.58. The lowest BCUT2D eigenvalue weighted by atomic mass is 10.0. The number of nitrogens with zero attached hydrogens (tertiary/aromatic N) is 1. The van der Waals surface area contributed by atoms with E-state index < -0.39 is 6.10 Å². The molecule has 1 aromatic carbocycles. The fraction of sp³-hybridized carbons (Fsp3) is 0.455. The maximum Gasteiger partial charge on any atom is 0.0620 e. The molecule has 0 aromatic heterocycles. The monoisotopic (exact) mass is 195 g/mol. The number of hydroxylamine groups is 2. The number of hydrogen-bond donors (Lipinski definition) is 2. The molecule has 0 heterocycles. The van der Waals surface area contributed by atoms with Crippen molar-refractivity contribution in [1.82, 2.24) is 5.06 Å². The van der Waals surface area contributed by atoms with Gasteiger partial charge >= 0.3 is 0 Å². The lowest BCUT2D eigenvalue weighted by Gasteiger charge is -2.24. The number of benzene rings is 1. The third kappa shape index (κ3) is 3.10. The average Bonchev–Trinajstić information content (AvgIpc) is 2.15. The summed E-state index contributed by atoms with van der Waals surface area (Å²) in [6.45, 7) is 1.72. The number of rotatable bonds is 4. The summed E-state index contributed by atoms with van der Waals surface area (Å²) in [4.78, 5) is 0. The van der Waals surface area contributed by atoms with E-state index in [1.807, 2.05) is 30.3 Å². The van der Waals surface area contributed by atoms with Crippen LogP contribution in [0.15, 0.2) is 30.3 Å². The minimum Gasteiger partial charge on any atom is -0.393 e. The summed E-state index contributed by atoms with van der Waals surface area (Å²) in [6.07, 6.45) is 0.103. The van der Waals surface area contributed by atoms with E-state index in [9.17, 15) is 10.3 Å². The molecule has 2 atom stereocenters. The Labute approximate surface area is 84.6 Å². The molecule has 0 aliphatic carbocycles. The normalized spacial score (nSPS) is 15.5. The molecule has 3 heteroatoms. The van der Waals surface area contributed by atoms with Crippen molar-refractivity contribution in [3.63, 3.8) is 0 Å². The molecule has 0 saturated heterocycles. The van der Waals surface area contributed by atoms with Gasteiger partial charge in [0.2, 0.25) is 0 Å². The van der Waals surface area contributed by atoms with Crippen LogP contribution in [0, 0.1) is 0 Å². The summed E-state index contributed by atoms with van der Waals surface area (Å²) in [5, 5.41) is 19.9. The molecule has 0 spiro atoms. The van der Waals surface area contributed by atoms with Crippen LogP contribution in [0.4, 0.5) is 0 Å². The second-order valence-corrected chi connectivity index (χ2v) is 3.58. The average molecular weight is 195 g/mol. The minimum absolute atomic E-state index is 0.142. The molecule has 3 nitrogen and oxygen atoms in total. The Kier molecular flexibility index (Phi) is 4.07. The molecule has 0 aliphatic rings. The molecular formula is C11H17NO2. The van der Waals surface area contributed by atoms with Crippen molar-refractivity contribution in [2.24, 2.45) is 0 Å². The summed E-state index contributed by atoms with van der Waals surface area (Å²) in [7, 11) is 1.60. The topological polar surface area (TPSA) is 43.7 Å². The molecule has 1 aromatic rings. The highest BCUT2D eigenvalue weighted by atomic mass is 16.5. The summed E-state index contributed by atoms with van der Waals surface area (Å²) >= 11 is 0. The van der Waals surface area contributed by atoms with Crippen molar-refractivity contribution in [2.45, 2.75) is 25.5 Å². The van der Waals surface area contributed by atoms with Crippen molar-refractivity contribution in [2.75, 3.05) is 7.05 Å². The molecule has 0 radical (unpaired) electrons. The van der Waals surface area contributed by atoms with Gasteiger partial charge in [0, 0.05) is 7.05 Å². The van der Waals surface area contributed by atoms with Gasteiger partial charge in [0.25, 0.3) is 0 Å². The van der Waals surface area contributed by atoms with Crippen molar-refractivity contribution >= 4 is 0 Å². The minimum atomic E-state index is -0.421. The molecule has 2 N–H and O–H groups in total. The maximum absolute atomic E-state index is 9.44. The van der Waals surface area contributed by atoms with E-state index in [-0.39, 0.29) is 6.04 Å². The van der Waals surface area contributed by atoms with E-state index in [1.165, 1.54) is 0 Å². The van der Waals surface area contributed by atoms with Crippen molar-refractivity contribution in [3.05, 3.63) is 35.9 Å². The number of aliphatic hydroxyl groups excluding tert-OH is 1. The fourth-order valence-corrected chi connectivity index (χ4v) is 1.50. The van der Waals surface area contributed by atoms with Crippen molar-refractivity contribution in [3.8, 4) is 0 Å². The summed E-state index contributed by atoms with van der Waals surface area (Å²) in [6, 6.07) is 9.53. The van der Waals surface area contributed by atoms with E-state index in [1.54, 1.807) is 14.0 Å². The first kappa shape index (κ1) is 11.2. The third-order valence-corrected chi connectivity index (χ3v) is 2.20. The first-order valence-corrected chi connectivity index (χ1v) is 4.76. The van der Waals surface area contributed by atoms with Crippen molar-refractivity contribution < 1.29 is 10.3 Å². The highest BCUT2D eigenvalue weighted by Crippen LogP contribution is 2.22. The molecule has 2 unspecified atom stereocenters. The van der Waals surface area contributed by atoms with E-state index in [0.717, 1.165) is 10.6 Å². The maximum atomic E-state index is 9.44. The Morgan fingerprint density at radius 1 is 1.29 bits per heavy atom. The van der Waals surface area contributed by atoms with Gasteiger partial charge in [-0.1, -0.05) is 30.3 Å². The first-order chi connectivity index (χ1) is 6.61. The summed E-state index contributed by atoms with van der Waals surface area (Å²) in [5.41, 5.74) is 1.01. The lowest BCUT2D eigenvalue weighted by molar-refractivity contribution is -0.113. The summed E-state index contributed by atoms with van der Waals surface area (Å²) < 4.78 is 0. The zero-order valence-electron chi connectivity index (χ0n) is 8.59. The van der Waals surface area contributed by atoms with Gasteiger partial charge in [0.15, 0.2) is 0 Å². The molecule has 0 aliphatic heterocycles. The molecule has 14 heavy (non-hydrogen) atoms.